The van der Waals surface area contributed by atoms with Gasteiger partial charge >= 0.3 is 37.7 Å². The van der Waals surface area contributed by atoms with Crippen molar-refractivity contribution in [1.82, 2.24) is 0 Å². The van der Waals surface area contributed by atoms with Crippen LogP contribution in [0, 0.1) is 0 Å². The standard InChI is InChI=1S/C8H9NO2.Ca.2H/c1-6(10)9-7-4-2-3-5-8(7)11;;;/h2-5,11H,1H3,(H,9,10);;;. The summed E-state index contributed by atoms with van der Waals surface area (Å²) in [7, 11) is 0. The number of phenols is 1. The van der Waals surface area contributed by atoms with Gasteiger partial charge in [-0.05, 0) is 12.1 Å². The van der Waals surface area contributed by atoms with E-state index in [1.807, 2.05) is 0 Å². The maximum atomic E-state index is 10.5. The molecule has 1 aromatic rings. The molecule has 0 fully saturated rings. The third kappa shape index (κ3) is 3.43. The number of amides is 1. The van der Waals surface area contributed by atoms with Crippen LogP contribution in [-0.4, -0.2) is 48.8 Å². The molecule has 12 heavy (non-hydrogen) atoms. The summed E-state index contributed by atoms with van der Waals surface area (Å²) in [5, 5.41) is 11.6. The summed E-state index contributed by atoms with van der Waals surface area (Å²) in [6.07, 6.45) is 0. The molecule has 0 aliphatic heterocycles. The number of hydrogen-bond acceptors (Lipinski definition) is 2. The molecule has 2 N–H and O–H groups in total. The topological polar surface area (TPSA) is 49.3 Å². The van der Waals surface area contributed by atoms with Crippen LogP contribution >= 0.6 is 0 Å². The van der Waals surface area contributed by atoms with Gasteiger partial charge in [0.05, 0.1) is 5.69 Å². The fourth-order valence-electron chi connectivity index (χ4n) is 0.769. The van der Waals surface area contributed by atoms with Crippen molar-refractivity contribution in [2.45, 2.75) is 6.92 Å². The average molecular weight is 193 g/mol. The van der Waals surface area contributed by atoms with Crippen molar-refractivity contribution in [3.8, 4) is 5.75 Å². The number of benzene rings is 1. The molecule has 1 amide bonds. The van der Waals surface area contributed by atoms with E-state index in [2.05, 4.69) is 5.32 Å². The van der Waals surface area contributed by atoms with Crippen molar-refractivity contribution >= 4 is 49.3 Å². The minimum absolute atomic E-state index is 0. The average Bonchev–Trinajstić information content (AvgIpc) is 1.93. The predicted molar refractivity (Wildman–Crippen MR) is 51.0 cm³/mol. The Bertz CT molecular complexity index is 276. The van der Waals surface area contributed by atoms with E-state index in [4.69, 9.17) is 5.11 Å². The van der Waals surface area contributed by atoms with Crippen molar-refractivity contribution in [1.29, 1.82) is 0 Å². The molecule has 4 heteroatoms. The van der Waals surface area contributed by atoms with Crippen molar-refractivity contribution in [3.63, 3.8) is 0 Å². The number of anilines is 1. The molecule has 3 nitrogen and oxygen atoms in total. The molecule has 0 saturated heterocycles. The summed E-state index contributed by atoms with van der Waals surface area (Å²) in [6.45, 7) is 1.40. The first-order valence-electron chi connectivity index (χ1n) is 3.26. The minimum atomic E-state index is -0.188. The van der Waals surface area contributed by atoms with Crippen LogP contribution in [0.25, 0.3) is 0 Å². The van der Waals surface area contributed by atoms with Crippen LogP contribution in [0.15, 0.2) is 24.3 Å². The van der Waals surface area contributed by atoms with Crippen LogP contribution in [0.3, 0.4) is 0 Å². The van der Waals surface area contributed by atoms with E-state index in [-0.39, 0.29) is 49.4 Å². The second kappa shape index (κ2) is 5.40. The van der Waals surface area contributed by atoms with Gasteiger partial charge in [0.1, 0.15) is 5.75 Å². The van der Waals surface area contributed by atoms with E-state index in [9.17, 15) is 4.79 Å². The van der Waals surface area contributed by atoms with Gasteiger partial charge < -0.3 is 10.4 Å². The number of rotatable bonds is 1. The number of aromatic hydroxyl groups is 1. The van der Waals surface area contributed by atoms with E-state index >= 15 is 0 Å². The number of carbonyl (C=O) groups excluding carboxylic acids is 1. The Kier molecular flexibility index (Phi) is 5.29. The van der Waals surface area contributed by atoms with Gasteiger partial charge in [-0.25, -0.2) is 0 Å². The van der Waals surface area contributed by atoms with E-state index in [1.54, 1.807) is 18.2 Å². The van der Waals surface area contributed by atoms with E-state index in [0.29, 0.717) is 5.69 Å². The summed E-state index contributed by atoms with van der Waals surface area (Å²) in [6, 6.07) is 6.59. The van der Waals surface area contributed by atoms with Gasteiger partial charge in [0.15, 0.2) is 0 Å². The van der Waals surface area contributed by atoms with Crippen LogP contribution in [0.5, 0.6) is 5.75 Å². The Morgan fingerprint density at radius 3 is 2.50 bits per heavy atom. The molecular weight excluding hydrogens is 182 g/mol. The molecule has 0 spiro atoms. The zero-order chi connectivity index (χ0) is 8.27. The van der Waals surface area contributed by atoms with Crippen LogP contribution in [0.2, 0.25) is 0 Å². The summed E-state index contributed by atoms with van der Waals surface area (Å²) in [5.41, 5.74) is 0.444. The Labute approximate surface area is 101 Å². The molecule has 0 saturated carbocycles. The van der Waals surface area contributed by atoms with Gasteiger partial charge in [-0.3, -0.25) is 4.79 Å². The summed E-state index contributed by atoms with van der Waals surface area (Å²) in [4.78, 5) is 10.5. The molecule has 0 atom stereocenters. The van der Waals surface area contributed by atoms with Gasteiger partial charge in [0.2, 0.25) is 5.91 Å². The molecular formula is C8H11CaNO2. The number of nitrogens with one attached hydrogen (secondary N) is 1. The monoisotopic (exact) mass is 193 g/mol. The Morgan fingerprint density at radius 2 is 2.00 bits per heavy atom. The molecule has 0 aromatic heterocycles. The molecule has 0 aliphatic carbocycles. The molecule has 0 aliphatic rings. The number of hydrogen-bond donors (Lipinski definition) is 2. The Morgan fingerprint density at radius 1 is 1.42 bits per heavy atom. The molecule has 62 valence electrons. The third-order valence-electron chi connectivity index (χ3n) is 1.21. The SMILES string of the molecule is CC(=O)Nc1ccccc1O.[CaH2]. The molecule has 0 bridgehead atoms. The second-order valence-electron chi connectivity index (χ2n) is 2.20. The Hall–Kier alpha value is -0.250. The normalized spacial score (nSPS) is 8.42. The van der Waals surface area contributed by atoms with Crippen molar-refractivity contribution in [2.75, 3.05) is 5.32 Å². The summed E-state index contributed by atoms with van der Waals surface area (Å²) >= 11 is 0. The maximum absolute atomic E-state index is 10.5. The zero-order valence-corrected chi connectivity index (χ0v) is 6.16. The fourth-order valence-corrected chi connectivity index (χ4v) is 0.769. The van der Waals surface area contributed by atoms with Gasteiger partial charge in [0.25, 0.3) is 0 Å². The van der Waals surface area contributed by atoms with E-state index in [1.165, 1.54) is 13.0 Å². The number of phenolic OH excluding ortho intramolecular Hbond substituents is 1. The molecule has 1 aromatic carbocycles. The van der Waals surface area contributed by atoms with Crippen molar-refractivity contribution in [3.05, 3.63) is 24.3 Å². The summed E-state index contributed by atoms with van der Waals surface area (Å²) in [5.74, 6) is -0.103. The summed E-state index contributed by atoms with van der Waals surface area (Å²) < 4.78 is 0. The first-order valence-corrected chi connectivity index (χ1v) is 3.26. The first-order chi connectivity index (χ1) is 5.20. The van der Waals surface area contributed by atoms with Crippen LogP contribution in [0.1, 0.15) is 6.92 Å². The number of carbonyl (C=O) groups is 1. The molecule has 0 unspecified atom stereocenters. The van der Waals surface area contributed by atoms with Gasteiger partial charge in [0, 0.05) is 6.92 Å². The fraction of sp³-hybridized carbons (Fsp3) is 0.125. The number of para-hydroxylation sites is 2. The molecule has 1 rings (SSSR count). The quantitative estimate of drug-likeness (QED) is 0.502. The van der Waals surface area contributed by atoms with Crippen LogP contribution in [0.4, 0.5) is 5.69 Å². The zero-order valence-electron chi connectivity index (χ0n) is 6.16. The van der Waals surface area contributed by atoms with Gasteiger partial charge in [-0.1, -0.05) is 12.1 Å². The van der Waals surface area contributed by atoms with Gasteiger partial charge in [-0.2, -0.15) is 0 Å². The van der Waals surface area contributed by atoms with Crippen LogP contribution in [-0.2, 0) is 4.79 Å². The second-order valence-corrected chi connectivity index (χ2v) is 2.20. The van der Waals surface area contributed by atoms with E-state index in [0.717, 1.165) is 0 Å². The molecule has 0 heterocycles. The van der Waals surface area contributed by atoms with E-state index < -0.39 is 0 Å². The Balaban J connectivity index is 0.00000121. The molecule has 0 radical (unpaired) electrons. The first kappa shape index (κ1) is 11.7. The van der Waals surface area contributed by atoms with Crippen molar-refractivity contribution in [2.24, 2.45) is 0 Å². The van der Waals surface area contributed by atoms with Crippen molar-refractivity contribution < 1.29 is 9.90 Å². The predicted octanol–water partition coefficient (Wildman–Crippen LogP) is 0.434. The van der Waals surface area contributed by atoms with Crippen LogP contribution < -0.4 is 5.32 Å². The third-order valence-corrected chi connectivity index (χ3v) is 1.21. The van der Waals surface area contributed by atoms with Gasteiger partial charge in [-0.15, -0.1) is 0 Å².